The molecule has 132 valence electrons. The maximum atomic E-state index is 14.2. The highest BCUT2D eigenvalue weighted by molar-refractivity contribution is 5.84. The normalized spacial score (nSPS) is 11.6. The summed E-state index contributed by atoms with van der Waals surface area (Å²) in [6.07, 6.45) is 0.146. The van der Waals surface area contributed by atoms with Crippen LogP contribution in [0.1, 0.15) is 17.7 Å². The molecule has 0 bridgehead atoms. The van der Waals surface area contributed by atoms with Gasteiger partial charge in [0, 0.05) is 29.3 Å². The second-order valence-electron chi connectivity index (χ2n) is 5.91. The van der Waals surface area contributed by atoms with Crippen LogP contribution in [0.25, 0.3) is 28.0 Å². The first-order valence-electron chi connectivity index (χ1n) is 7.88. The van der Waals surface area contributed by atoms with E-state index < -0.39 is 12.2 Å². The molecule has 0 atom stereocenters. The van der Waals surface area contributed by atoms with E-state index in [-0.39, 0.29) is 22.3 Å². The van der Waals surface area contributed by atoms with E-state index >= 15 is 0 Å². The van der Waals surface area contributed by atoms with Gasteiger partial charge in [0.1, 0.15) is 11.5 Å². The van der Waals surface area contributed by atoms with E-state index in [0.717, 1.165) is 5.69 Å². The predicted octanol–water partition coefficient (Wildman–Crippen LogP) is 4.21. The monoisotopic (exact) mass is 357 g/mol. The number of rotatable bonds is 3. The Labute approximate surface area is 146 Å². The van der Waals surface area contributed by atoms with Crippen molar-refractivity contribution in [3.05, 3.63) is 59.8 Å². The van der Waals surface area contributed by atoms with Gasteiger partial charge in [-0.25, -0.2) is 22.8 Å². The van der Waals surface area contributed by atoms with Gasteiger partial charge in [0.15, 0.2) is 5.65 Å². The number of benzene rings is 1. The SMILES string of the molecule is Cc1c(-c2cc(C(F)F)c3cnn(-c4ccccc4F)c3n2)cnn1C. The molecule has 0 radical (unpaired) electrons. The van der Waals surface area contributed by atoms with Gasteiger partial charge in [-0.05, 0) is 25.1 Å². The fraction of sp³-hybridized carbons (Fsp3) is 0.167. The number of pyridine rings is 1. The lowest BCUT2D eigenvalue weighted by Gasteiger charge is -2.09. The van der Waals surface area contributed by atoms with Gasteiger partial charge in [0.25, 0.3) is 6.43 Å². The predicted molar refractivity (Wildman–Crippen MR) is 90.7 cm³/mol. The van der Waals surface area contributed by atoms with Crippen molar-refractivity contribution in [3.8, 4) is 16.9 Å². The van der Waals surface area contributed by atoms with Crippen molar-refractivity contribution in [3.63, 3.8) is 0 Å². The molecule has 8 heteroatoms. The zero-order valence-corrected chi connectivity index (χ0v) is 14.0. The van der Waals surface area contributed by atoms with Gasteiger partial charge in [-0.3, -0.25) is 4.68 Å². The molecule has 5 nitrogen and oxygen atoms in total. The van der Waals surface area contributed by atoms with Crippen LogP contribution in [0.4, 0.5) is 13.2 Å². The van der Waals surface area contributed by atoms with E-state index in [1.807, 2.05) is 6.92 Å². The lowest BCUT2D eigenvalue weighted by molar-refractivity contribution is 0.153. The van der Waals surface area contributed by atoms with Crippen molar-refractivity contribution in [1.29, 1.82) is 0 Å². The van der Waals surface area contributed by atoms with Crippen LogP contribution in [-0.2, 0) is 7.05 Å². The molecule has 0 aliphatic rings. The Morgan fingerprint density at radius 3 is 2.50 bits per heavy atom. The standard InChI is InChI=1S/C18H14F3N5/c1-10-12(8-22-25(10)2)15-7-11(17(20)21)13-9-23-26(18(13)24-15)16-6-4-3-5-14(16)19/h3-9,17H,1-2H3. The van der Waals surface area contributed by atoms with Crippen LogP contribution in [0.2, 0.25) is 0 Å². The van der Waals surface area contributed by atoms with Gasteiger partial charge < -0.3 is 0 Å². The number of fused-ring (bicyclic) bond motifs is 1. The molecule has 0 saturated carbocycles. The number of hydrogen-bond acceptors (Lipinski definition) is 3. The maximum Gasteiger partial charge on any atom is 0.264 e. The number of para-hydroxylation sites is 1. The molecule has 26 heavy (non-hydrogen) atoms. The molecule has 3 aromatic heterocycles. The first kappa shape index (κ1) is 16.3. The summed E-state index contributed by atoms with van der Waals surface area (Å²) in [5.41, 5.74) is 1.89. The zero-order chi connectivity index (χ0) is 18.4. The minimum atomic E-state index is -2.71. The highest BCUT2D eigenvalue weighted by Gasteiger charge is 2.21. The highest BCUT2D eigenvalue weighted by atomic mass is 19.3. The fourth-order valence-electron chi connectivity index (χ4n) is 2.89. The lowest BCUT2D eigenvalue weighted by atomic mass is 10.1. The molecule has 3 heterocycles. The minimum absolute atomic E-state index is 0.148. The molecule has 0 unspecified atom stereocenters. The Hall–Kier alpha value is -3.16. The number of nitrogens with zero attached hydrogens (tertiary/aromatic N) is 5. The van der Waals surface area contributed by atoms with Gasteiger partial charge >= 0.3 is 0 Å². The summed E-state index contributed by atoms with van der Waals surface area (Å²) in [6, 6.07) is 7.34. The first-order valence-corrected chi connectivity index (χ1v) is 7.88. The largest absolute Gasteiger partial charge is 0.272 e. The number of aryl methyl sites for hydroxylation is 1. The number of hydrogen-bond donors (Lipinski definition) is 0. The average Bonchev–Trinajstić information content (AvgIpc) is 3.18. The van der Waals surface area contributed by atoms with Gasteiger partial charge in [0.2, 0.25) is 0 Å². The summed E-state index contributed by atoms with van der Waals surface area (Å²) < 4.78 is 44.3. The quantitative estimate of drug-likeness (QED) is 0.552. The summed E-state index contributed by atoms with van der Waals surface area (Å²) in [5, 5.41) is 8.42. The van der Waals surface area contributed by atoms with Crippen molar-refractivity contribution >= 4 is 11.0 Å². The molecular formula is C18H14F3N5. The molecule has 0 aliphatic carbocycles. The van der Waals surface area contributed by atoms with E-state index in [1.54, 1.807) is 30.1 Å². The Morgan fingerprint density at radius 2 is 1.85 bits per heavy atom. The second-order valence-corrected chi connectivity index (χ2v) is 5.91. The third-order valence-corrected chi connectivity index (χ3v) is 4.40. The van der Waals surface area contributed by atoms with Crippen LogP contribution in [0.3, 0.4) is 0 Å². The molecule has 1 aromatic carbocycles. The van der Waals surface area contributed by atoms with Crippen LogP contribution in [0.15, 0.2) is 42.7 Å². The summed E-state index contributed by atoms with van der Waals surface area (Å²) in [5.74, 6) is -0.513. The van der Waals surface area contributed by atoms with Crippen molar-refractivity contribution in [1.82, 2.24) is 24.5 Å². The Balaban J connectivity index is 2.03. The topological polar surface area (TPSA) is 48.5 Å². The van der Waals surface area contributed by atoms with Crippen molar-refractivity contribution in [2.45, 2.75) is 13.3 Å². The van der Waals surface area contributed by atoms with E-state index in [0.29, 0.717) is 11.3 Å². The minimum Gasteiger partial charge on any atom is -0.272 e. The summed E-state index contributed by atoms with van der Waals surface area (Å²) >= 11 is 0. The maximum absolute atomic E-state index is 14.2. The summed E-state index contributed by atoms with van der Waals surface area (Å²) in [7, 11) is 1.76. The molecule has 0 amide bonds. The van der Waals surface area contributed by atoms with Crippen molar-refractivity contribution in [2.75, 3.05) is 0 Å². The van der Waals surface area contributed by atoms with Crippen molar-refractivity contribution < 1.29 is 13.2 Å². The molecule has 0 N–H and O–H groups in total. The Bertz CT molecular complexity index is 1110. The third-order valence-electron chi connectivity index (χ3n) is 4.40. The molecule has 0 aliphatic heterocycles. The van der Waals surface area contributed by atoms with Crippen LogP contribution in [0, 0.1) is 12.7 Å². The molecule has 0 fully saturated rings. The zero-order valence-electron chi connectivity index (χ0n) is 14.0. The lowest BCUT2D eigenvalue weighted by Crippen LogP contribution is -2.02. The number of alkyl halides is 2. The van der Waals surface area contributed by atoms with Gasteiger partial charge in [-0.15, -0.1) is 0 Å². The van der Waals surface area contributed by atoms with Crippen LogP contribution >= 0.6 is 0 Å². The first-order chi connectivity index (χ1) is 12.5. The number of aromatic nitrogens is 5. The van der Waals surface area contributed by atoms with Crippen LogP contribution < -0.4 is 0 Å². The van der Waals surface area contributed by atoms with Crippen molar-refractivity contribution in [2.24, 2.45) is 7.05 Å². The van der Waals surface area contributed by atoms with Crippen LogP contribution in [0.5, 0.6) is 0 Å². The Kier molecular flexibility index (Phi) is 3.75. The third kappa shape index (κ3) is 2.45. The molecule has 4 aromatic rings. The fourth-order valence-corrected chi connectivity index (χ4v) is 2.89. The summed E-state index contributed by atoms with van der Waals surface area (Å²) in [4.78, 5) is 4.49. The van der Waals surface area contributed by atoms with E-state index in [1.165, 1.54) is 29.1 Å². The Morgan fingerprint density at radius 1 is 1.08 bits per heavy atom. The average molecular weight is 357 g/mol. The smallest absolute Gasteiger partial charge is 0.264 e. The van der Waals surface area contributed by atoms with Gasteiger partial charge in [-0.1, -0.05) is 12.1 Å². The van der Waals surface area contributed by atoms with Gasteiger partial charge in [0.05, 0.1) is 18.1 Å². The number of halogens is 3. The second kappa shape index (κ2) is 5.98. The highest BCUT2D eigenvalue weighted by Crippen LogP contribution is 2.33. The molecular weight excluding hydrogens is 343 g/mol. The molecule has 0 saturated heterocycles. The molecule has 4 rings (SSSR count). The summed E-state index contributed by atoms with van der Waals surface area (Å²) in [6.45, 7) is 1.82. The van der Waals surface area contributed by atoms with E-state index in [9.17, 15) is 13.2 Å². The molecule has 0 spiro atoms. The van der Waals surface area contributed by atoms with Crippen LogP contribution in [-0.4, -0.2) is 24.5 Å². The van der Waals surface area contributed by atoms with E-state index in [4.69, 9.17) is 0 Å². The van der Waals surface area contributed by atoms with Gasteiger partial charge in [-0.2, -0.15) is 10.2 Å². The van der Waals surface area contributed by atoms with E-state index in [2.05, 4.69) is 15.2 Å².